The fourth-order valence-corrected chi connectivity index (χ4v) is 2.07. The van der Waals surface area contributed by atoms with Gasteiger partial charge in [0.05, 0.1) is 17.1 Å². The first kappa shape index (κ1) is 11.0. The average Bonchev–Trinajstić information content (AvgIpc) is 2.02. The third-order valence-electron chi connectivity index (χ3n) is 1.96. The maximum absolute atomic E-state index is 11.2. The number of ketones is 1. The lowest BCUT2D eigenvalue weighted by molar-refractivity contribution is 0.101. The van der Waals surface area contributed by atoms with E-state index in [9.17, 15) is 9.90 Å². The number of hydrogen-bond donors (Lipinski definition) is 1. The Morgan fingerprint density at radius 1 is 1.57 bits per heavy atom. The number of methoxy groups -OCH3 is 1. The van der Waals surface area contributed by atoms with Crippen LogP contribution in [0.2, 0.25) is 0 Å². The molecule has 1 aromatic rings. The second-order valence-corrected chi connectivity index (χ2v) is 3.84. The van der Waals surface area contributed by atoms with E-state index in [0.717, 1.165) is 5.56 Å². The van der Waals surface area contributed by atoms with Crippen LogP contribution in [0.15, 0.2) is 10.5 Å². The SMILES string of the molecule is COc1c(Br)cc(C)c(C(C)=O)c1O. The normalized spacial score (nSPS) is 10.0. The molecule has 0 aliphatic carbocycles. The molecule has 0 saturated carbocycles. The van der Waals surface area contributed by atoms with E-state index in [0.29, 0.717) is 15.8 Å². The summed E-state index contributed by atoms with van der Waals surface area (Å²) in [4.78, 5) is 11.2. The molecule has 0 amide bonds. The lowest BCUT2D eigenvalue weighted by Gasteiger charge is -2.11. The van der Waals surface area contributed by atoms with Crippen LogP contribution in [-0.4, -0.2) is 18.0 Å². The maximum atomic E-state index is 11.2. The van der Waals surface area contributed by atoms with Gasteiger partial charge in [0.15, 0.2) is 17.3 Å². The molecule has 14 heavy (non-hydrogen) atoms. The molecule has 0 atom stereocenters. The molecule has 0 aromatic heterocycles. The summed E-state index contributed by atoms with van der Waals surface area (Å²) >= 11 is 3.25. The fraction of sp³-hybridized carbons (Fsp3) is 0.300. The standard InChI is InChI=1S/C10H11BrO3/c1-5-4-7(11)10(14-3)9(13)8(5)6(2)12/h4,13H,1-3H3. The second kappa shape index (κ2) is 4.00. The molecular weight excluding hydrogens is 248 g/mol. The molecule has 0 saturated heterocycles. The van der Waals surface area contributed by atoms with Gasteiger partial charge in [0, 0.05) is 0 Å². The Kier molecular flexibility index (Phi) is 3.16. The summed E-state index contributed by atoms with van der Waals surface area (Å²) in [5, 5.41) is 9.75. The largest absolute Gasteiger partial charge is 0.504 e. The smallest absolute Gasteiger partial charge is 0.175 e. The predicted octanol–water partition coefficient (Wildman–Crippen LogP) is 2.67. The van der Waals surface area contributed by atoms with E-state index in [1.54, 1.807) is 13.0 Å². The van der Waals surface area contributed by atoms with Crippen molar-refractivity contribution in [1.82, 2.24) is 0 Å². The number of phenols is 1. The van der Waals surface area contributed by atoms with Gasteiger partial charge >= 0.3 is 0 Å². The van der Waals surface area contributed by atoms with Crippen LogP contribution in [0.25, 0.3) is 0 Å². The van der Waals surface area contributed by atoms with Gasteiger partial charge in [-0.1, -0.05) is 0 Å². The van der Waals surface area contributed by atoms with Crippen LogP contribution in [0.1, 0.15) is 22.8 Å². The van der Waals surface area contributed by atoms with Gasteiger partial charge in [-0.05, 0) is 41.4 Å². The van der Waals surface area contributed by atoms with E-state index >= 15 is 0 Å². The molecule has 1 rings (SSSR count). The van der Waals surface area contributed by atoms with E-state index < -0.39 is 0 Å². The summed E-state index contributed by atoms with van der Waals surface area (Å²) in [6.45, 7) is 3.18. The van der Waals surface area contributed by atoms with Crippen molar-refractivity contribution in [2.24, 2.45) is 0 Å². The summed E-state index contributed by atoms with van der Waals surface area (Å²) in [6.07, 6.45) is 0. The Bertz CT molecular complexity index is 385. The van der Waals surface area contributed by atoms with Gasteiger partial charge in [-0.25, -0.2) is 0 Å². The Morgan fingerprint density at radius 3 is 2.57 bits per heavy atom. The van der Waals surface area contributed by atoms with E-state index in [-0.39, 0.29) is 11.5 Å². The van der Waals surface area contributed by atoms with Gasteiger partial charge in [-0.2, -0.15) is 0 Å². The van der Waals surface area contributed by atoms with Crippen LogP contribution in [0.3, 0.4) is 0 Å². The monoisotopic (exact) mass is 258 g/mol. The topological polar surface area (TPSA) is 46.5 Å². The number of Topliss-reactive ketones (excluding diaryl/α,β-unsaturated/α-hetero) is 1. The number of rotatable bonds is 2. The average molecular weight is 259 g/mol. The van der Waals surface area contributed by atoms with E-state index in [2.05, 4.69) is 15.9 Å². The summed E-state index contributed by atoms with van der Waals surface area (Å²) < 4.78 is 5.61. The van der Waals surface area contributed by atoms with Crippen LogP contribution in [0.4, 0.5) is 0 Å². The number of benzene rings is 1. The Balaban J connectivity index is 3.52. The number of aryl methyl sites for hydroxylation is 1. The Labute approximate surface area is 90.8 Å². The zero-order valence-corrected chi connectivity index (χ0v) is 9.81. The quantitative estimate of drug-likeness (QED) is 0.830. The molecule has 4 heteroatoms. The molecule has 0 radical (unpaired) electrons. The third-order valence-corrected chi connectivity index (χ3v) is 2.55. The number of ether oxygens (including phenoxy) is 1. The van der Waals surface area contributed by atoms with Crippen molar-refractivity contribution >= 4 is 21.7 Å². The lowest BCUT2D eigenvalue weighted by Crippen LogP contribution is -1.99. The van der Waals surface area contributed by atoms with Crippen LogP contribution in [0.5, 0.6) is 11.5 Å². The van der Waals surface area contributed by atoms with Crippen LogP contribution in [0, 0.1) is 6.92 Å². The van der Waals surface area contributed by atoms with Gasteiger partial charge in [0.1, 0.15) is 0 Å². The van der Waals surface area contributed by atoms with Crippen molar-refractivity contribution in [3.05, 3.63) is 21.7 Å². The molecule has 0 aliphatic heterocycles. The summed E-state index contributed by atoms with van der Waals surface area (Å²) in [5.41, 5.74) is 1.03. The maximum Gasteiger partial charge on any atom is 0.175 e. The van der Waals surface area contributed by atoms with Crippen molar-refractivity contribution in [3.63, 3.8) is 0 Å². The molecule has 1 N–H and O–H groups in total. The molecule has 1 aromatic carbocycles. The van der Waals surface area contributed by atoms with Crippen molar-refractivity contribution in [3.8, 4) is 11.5 Å². The summed E-state index contributed by atoms with van der Waals surface area (Å²) in [7, 11) is 1.44. The minimum Gasteiger partial charge on any atom is -0.504 e. The summed E-state index contributed by atoms with van der Waals surface area (Å²) in [6, 6.07) is 1.75. The van der Waals surface area contributed by atoms with Crippen molar-refractivity contribution in [1.29, 1.82) is 0 Å². The van der Waals surface area contributed by atoms with Crippen molar-refractivity contribution in [2.75, 3.05) is 7.11 Å². The minimum atomic E-state index is -0.175. The van der Waals surface area contributed by atoms with E-state index in [1.807, 2.05) is 0 Å². The Morgan fingerprint density at radius 2 is 2.14 bits per heavy atom. The van der Waals surface area contributed by atoms with Crippen LogP contribution < -0.4 is 4.74 Å². The molecule has 76 valence electrons. The van der Waals surface area contributed by atoms with Crippen LogP contribution >= 0.6 is 15.9 Å². The van der Waals surface area contributed by atoms with Gasteiger partial charge < -0.3 is 9.84 Å². The highest BCUT2D eigenvalue weighted by molar-refractivity contribution is 9.10. The molecule has 0 fully saturated rings. The van der Waals surface area contributed by atoms with E-state index in [4.69, 9.17) is 4.74 Å². The molecule has 0 heterocycles. The van der Waals surface area contributed by atoms with Gasteiger partial charge in [-0.3, -0.25) is 4.79 Å². The number of phenolic OH excluding ortho intramolecular Hbond substituents is 1. The Hall–Kier alpha value is -1.03. The zero-order chi connectivity index (χ0) is 10.9. The molecule has 0 spiro atoms. The number of aromatic hydroxyl groups is 1. The molecular formula is C10H11BrO3. The van der Waals surface area contributed by atoms with Gasteiger partial charge in [-0.15, -0.1) is 0 Å². The van der Waals surface area contributed by atoms with Gasteiger partial charge in [0.2, 0.25) is 0 Å². The van der Waals surface area contributed by atoms with Crippen molar-refractivity contribution < 1.29 is 14.6 Å². The summed E-state index contributed by atoms with van der Waals surface area (Å²) in [5.74, 6) is 0.0125. The first-order chi connectivity index (χ1) is 6.49. The molecule has 0 bridgehead atoms. The molecule has 0 aliphatic rings. The highest BCUT2D eigenvalue weighted by Crippen LogP contribution is 2.39. The minimum absolute atomic E-state index is 0.105. The predicted molar refractivity (Wildman–Crippen MR) is 57.1 cm³/mol. The van der Waals surface area contributed by atoms with Gasteiger partial charge in [0.25, 0.3) is 0 Å². The first-order valence-electron chi connectivity index (χ1n) is 4.06. The molecule has 3 nitrogen and oxygen atoms in total. The third kappa shape index (κ3) is 1.75. The number of hydrogen-bond acceptors (Lipinski definition) is 3. The van der Waals surface area contributed by atoms with E-state index in [1.165, 1.54) is 14.0 Å². The highest BCUT2D eigenvalue weighted by atomic mass is 79.9. The zero-order valence-electron chi connectivity index (χ0n) is 8.22. The van der Waals surface area contributed by atoms with Crippen molar-refractivity contribution in [2.45, 2.75) is 13.8 Å². The lowest BCUT2D eigenvalue weighted by atomic mass is 10.0. The highest BCUT2D eigenvalue weighted by Gasteiger charge is 2.17. The first-order valence-corrected chi connectivity index (χ1v) is 4.85. The molecule has 0 unspecified atom stereocenters. The second-order valence-electron chi connectivity index (χ2n) is 2.99. The van der Waals surface area contributed by atoms with Crippen LogP contribution in [-0.2, 0) is 0 Å². The number of halogens is 1. The fourth-order valence-electron chi connectivity index (χ4n) is 1.38. The number of carbonyl (C=O) groups is 1. The number of carbonyl (C=O) groups excluding carboxylic acids is 1.